The van der Waals surface area contributed by atoms with E-state index in [9.17, 15) is 9.59 Å². The van der Waals surface area contributed by atoms with Crippen LogP contribution in [0.2, 0.25) is 0 Å². The Balaban J connectivity index is 1.01. The molecule has 8 heterocycles. The molecule has 0 saturated carbocycles. The number of aromatic nitrogens is 6. The van der Waals surface area contributed by atoms with Gasteiger partial charge in [0, 0.05) is 71.3 Å². The molecule has 0 unspecified atom stereocenters. The van der Waals surface area contributed by atoms with Crippen molar-refractivity contribution in [2.45, 2.75) is 13.1 Å². The number of thiophene rings is 2. The van der Waals surface area contributed by atoms with Gasteiger partial charge < -0.3 is 30.4 Å². The molecule has 52 heavy (non-hydrogen) atoms. The minimum absolute atomic E-state index is 0.118. The van der Waals surface area contributed by atoms with E-state index in [-0.39, 0.29) is 11.8 Å². The first-order valence-corrected chi connectivity index (χ1v) is 18.4. The van der Waals surface area contributed by atoms with Crippen LogP contribution >= 0.6 is 22.7 Å². The molecule has 10 rings (SSSR count). The lowest BCUT2D eigenvalue weighted by Gasteiger charge is -2.18. The molecular weight excluding hydrogens is 693 g/mol. The summed E-state index contributed by atoms with van der Waals surface area (Å²) in [6.45, 7) is 2.48. The summed E-state index contributed by atoms with van der Waals surface area (Å²) in [6, 6.07) is 22.1. The van der Waals surface area contributed by atoms with Crippen molar-refractivity contribution in [2.75, 3.05) is 23.7 Å². The average Bonchev–Trinajstić information content (AvgIpc) is 3.97. The number of benzene rings is 2. The lowest BCUT2D eigenvalue weighted by Crippen LogP contribution is -2.35. The van der Waals surface area contributed by atoms with E-state index in [1.165, 1.54) is 0 Å². The lowest BCUT2D eigenvalue weighted by molar-refractivity contribution is 0.0921. The molecular formula is C38H28N10O2S2. The molecule has 0 fully saturated rings. The van der Waals surface area contributed by atoms with Crippen molar-refractivity contribution < 1.29 is 9.59 Å². The van der Waals surface area contributed by atoms with E-state index in [1.54, 1.807) is 35.3 Å². The first-order valence-electron chi connectivity index (χ1n) is 16.7. The third-order valence-corrected chi connectivity index (χ3v) is 11.4. The zero-order valence-electron chi connectivity index (χ0n) is 27.4. The lowest BCUT2D eigenvalue weighted by atomic mass is 10.1. The summed E-state index contributed by atoms with van der Waals surface area (Å²) in [5.41, 5.74) is 9.40. The van der Waals surface area contributed by atoms with Gasteiger partial charge in [-0.1, -0.05) is 30.3 Å². The van der Waals surface area contributed by atoms with Crippen LogP contribution in [0.1, 0.15) is 21.0 Å². The molecule has 2 amide bonds. The molecule has 2 aliphatic heterocycles. The molecule has 0 saturated heterocycles. The second-order valence-corrected chi connectivity index (χ2v) is 14.5. The van der Waals surface area contributed by atoms with Crippen molar-refractivity contribution in [3.63, 3.8) is 0 Å². The highest BCUT2D eigenvalue weighted by Gasteiger charge is 2.29. The number of carbonyl (C=O) groups excluding carboxylic acids is 2. The van der Waals surface area contributed by atoms with Crippen LogP contribution in [0.3, 0.4) is 0 Å². The number of nitrogens with zero attached hydrogens (tertiary/aromatic N) is 6. The molecule has 254 valence electrons. The topological polar surface area (TPSA) is 144 Å². The van der Waals surface area contributed by atoms with Crippen LogP contribution in [0.25, 0.3) is 53.4 Å². The number of nitrogens with one attached hydrogen (secondary N) is 4. The van der Waals surface area contributed by atoms with Crippen LogP contribution in [0.4, 0.5) is 22.7 Å². The van der Waals surface area contributed by atoms with Crippen LogP contribution in [-0.2, 0) is 13.1 Å². The summed E-state index contributed by atoms with van der Waals surface area (Å²) >= 11 is 3.18. The van der Waals surface area contributed by atoms with Gasteiger partial charge in [-0.25, -0.2) is 19.9 Å². The monoisotopic (exact) mass is 720 g/mol. The number of para-hydroxylation sites is 1. The van der Waals surface area contributed by atoms with Crippen molar-refractivity contribution in [3.05, 3.63) is 109 Å². The number of carbonyl (C=O) groups is 2. The van der Waals surface area contributed by atoms with Gasteiger partial charge in [-0.15, -0.1) is 22.7 Å². The largest absolute Gasteiger partial charge is 0.353 e. The second kappa shape index (κ2) is 12.1. The first-order chi connectivity index (χ1) is 25.6. The Bertz CT molecular complexity index is 2690. The number of hydrogen-bond acceptors (Lipinski definition) is 10. The molecule has 8 aromatic rings. The van der Waals surface area contributed by atoms with Gasteiger partial charge in [-0.05, 0) is 47.3 Å². The van der Waals surface area contributed by atoms with Gasteiger partial charge in [-0.3, -0.25) is 9.59 Å². The van der Waals surface area contributed by atoms with Crippen molar-refractivity contribution in [2.24, 2.45) is 0 Å². The van der Waals surface area contributed by atoms with Crippen molar-refractivity contribution in [1.82, 2.24) is 39.7 Å². The molecule has 4 N–H and O–H groups in total. The summed E-state index contributed by atoms with van der Waals surface area (Å²) in [6.07, 6.45) is 7.18. The zero-order valence-corrected chi connectivity index (χ0v) is 29.0. The smallest absolute Gasteiger partial charge is 0.270 e. The van der Waals surface area contributed by atoms with E-state index < -0.39 is 0 Å². The van der Waals surface area contributed by atoms with E-state index in [0.29, 0.717) is 43.3 Å². The van der Waals surface area contributed by atoms with Gasteiger partial charge in [0.05, 0.1) is 33.0 Å². The van der Waals surface area contributed by atoms with Crippen LogP contribution in [-0.4, -0.2) is 54.0 Å². The predicted octanol–water partition coefficient (Wildman–Crippen LogP) is 7.27. The molecule has 0 atom stereocenters. The Morgan fingerprint density at radius 2 is 1.33 bits per heavy atom. The van der Waals surface area contributed by atoms with Crippen LogP contribution < -0.4 is 21.3 Å². The number of rotatable bonds is 7. The zero-order chi connectivity index (χ0) is 34.8. The molecule has 0 aliphatic carbocycles. The summed E-state index contributed by atoms with van der Waals surface area (Å²) < 4.78 is 4.93. The van der Waals surface area contributed by atoms with Gasteiger partial charge in [0.1, 0.15) is 28.9 Å². The van der Waals surface area contributed by atoms with Gasteiger partial charge in [0.15, 0.2) is 0 Å². The fourth-order valence-electron chi connectivity index (χ4n) is 7.03. The van der Waals surface area contributed by atoms with Gasteiger partial charge in [0.2, 0.25) is 0 Å². The quantitative estimate of drug-likeness (QED) is 0.135. The fourth-order valence-corrected chi connectivity index (χ4v) is 8.89. The minimum atomic E-state index is -0.124. The number of fused-ring (bicyclic) bond motifs is 4. The van der Waals surface area contributed by atoms with Crippen molar-refractivity contribution in [1.29, 1.82) is 0 Å². The standard InChI is InChI=1S/C38H28N10O2S2/c49-36-33-30(25(17-47(33)13-11-39-36)29-24-10-15-51-38(24)44-20-42-29)46-23-8-6-21(7-9-23)28-16-27-35(52-28)32(43-19-41-27)26-18-48-14-12-40-37(50)34(48)31(26)45-22-4-2-1-3-5-22/h1-10,15-20,45-46H,11-14H2,(H,39,49)(H,40,50). The average molecular weight is 721 g/mol. The number of amides is 2. The highest BCUT2D eigenvalue weighted by atomic mass is 32.1. The minimum Gasteiger partial charge on any atom is -0.353 e. The van der Waals surface area contributed by atoms with E-state index in [2.05, 4.69) is 54.4 Å². The first kappa shape index (κ1) is 30.4. The second-order valence-electron chi connectivity index (χ2n) is 12.5. The number of hydrogen-bond donors (Lipinski definition) is 4. The SMILES string of the molecule is O=C1NCCn2cc(-c3ncnc4sccc34)c(Nc3ccc(-c4cc5ncnc(-c6cn7c(c6Nc6ccccc6)C(=O)NCC7)c5s4)cc3)c21. The van der Waals surface area contributed by atoms with Crippen LogP contribution in [0.15, 0.2) is 97.2 Å². The van der Waals surface area contributed by atoms with Gasteiger partial charge in [0.25, 0.3) is 11.8 Å². The van der Waals surface area contributed by atoms with Crippen molar-refractivity contribution >= 4 is 77.7 Å². The summed E-state index contributed by atoms with van der Waals surface area (Å²) in [5, 5.41) is 16.0. The van der Waals surface area contributed by atoms with E-state index in [1.807, 2.05) is 75.4 Å². The summed E-state index contributed by atoms with van der Waals surface area (Å²) in [7, 11) is 0. The Hall–Kier alpha value is -6.38. The highest BCUT2D eigenvalue weighted by molar-refractivity contribution is 7.22. The molecule has 12 nitrogen and oxygen atoms in total. The maximum Gasteiger partial charge on any atom is 0.270 e. The van der Waals surface area contributed by atoms with Gasteiger partial charge in [-0.2, -0.15) is 0 Å². The van der Waals surface area contributed by atoms with Crippen LogP contribution in [0.5, 0.6) is 0 Å². The molecule has 2 aliphatic rings. The Morgan fingerprint density at radius 1 is 0.692 bits per heavy atom. The Kier molecular flexibility index (Phi) is 7.11. The molecule has 0 radical (unpaired) electrons. The fraction of sp³-hybridized carbons (Fsp3) is 0.105. The Labute approximate surface area is 304 Å². The highest BCUT2D eigenvalue weighted by Crippen LogP contribution is 2.43. The Morgan fingerprint density at radius 3 is 2.04 bits per heavy atom. The van der Waals surface area contributed by atoms with Crippen LogP contribution in [0, 0.1) is 0 Å². The molecule has 0 bridgehead atoms. The van der Waals surface area contributed by atoms with E-state index in [0.717, 1.165) is 70.5 Å². The van der Waals surface area contributed by atoms with E-state index in [4.69, 9.17) is 4.98 Å². The normalized spacial score (nSPS) is 13.8. The molecule has 0 spiro atoms. The summed E-state index contributed by atoms with van der Waals surface area (Å²) in [5.74, 6) is -0.242. The third kappa shape index (κ3) is 5.02. The van der Waals surface area contributed by atoms with E-state index >= 15 is 0 Å². The molecule has 14 heteroatoms. The maximum absolute atomic E-state index is 13.2. The molecule has 2 aromatic carbocycles. The molecule has 6 aromatic heterocycles. The van der Waals surface area contributed by atoms with Gasteiger partial charge >= 0.3 is 0 Å². The third-order valence-electron chi connectivity index (χ3n) is 9.43. The number of anilines is 4. The predicted molar refractivity (Wildman–Crippen MR) is 205 cm³/mol. The maximum atomic E-state index is 13.2. The summed E-state index contributed by atoms with van der Waals surface area (Å²) in [4.78, 5) is 46.7. The van der Waals surface area contributed by atoms with Crippen molar-refractivity contribution in [3.8, 4) is 33.0 Å².